The normalized spacial score (nSPS) is 14.5. The molecule has 3 heteroatoms. The fourth-order valence-electron chi connectivity index (χ4n) is 1.66. The molecule has 0 bridgehead atoms. The monoisotopic (exact) mass is 247 g/mol. The van der Waals surface area contributed by atoms with Gasteiger partial charge in [0.05, 0.1) is 12.0 Å². The molecule has 0 aliphatic carbocycles. The van der Waals surface area contributed by atoms with Gasteiger partial charge < -0.3 is 10.2 Å². The van der Waals surface area contributed by atoms with Crippen molar-refractivity contribution in [1.29, 1.82) is 0 Å². The van der Waals surface area contributed by atoms with Gasteiger partial charge in [-0.05, 0) is 17.7 Å². The summed E-state index contributed by atoms with van der Waals surface area (Å²) in [6.45, 7) is 2.16. The Kier molecular flexibility index (Phi) is 4.29. The fourth-order valence-corrected chi connectivity index (χ4v) is 2.61. The fraction of sp³-hybridized carbons (Fsp3) is 0.286. The highest BCUT2D eigenvalue weighted by molar-refractivity contribution is 7.99. The van der Waals surface area contributed by atoms with E-state index in [9.17, 15) is 0 Å². The highest BCUT2D eigenvalue weighted by Crippen LogP contribution is 2.27. The first kappa shape index (κ1) is 12.3. The molecule has 2 nitrogen and oxygen atoms in total. The zero-order chi connectivity index (χ0) is 12.1. The van der Waals surface area contributed by atoms with Crippen molar-refractivity contribution >= 4 is 11.8 Å². The maximum atomic E-state index is 6.23. The number of nitrogens with two attached hydrogens (primary N) is 1. The Morgan fingerprint density at radius 3 is 2.59 bits per heavy atom. The molecule has 2 N–H and O–H groups in total. The lowest BCUT2D eigenvalue weighted by molar-refractivity contribution is 0.530. The van der Waals surface area contributed by atoms with Gasteiger partial charge in [-0.2, -0.15) is 0 Å². The second kappa shape index (κ2) is 5.94. The van der Waals surface area contributed by atoms with Crippen LogP contribution in [0.25, 0.3) is 0 Å². The zero-order valence-electron chi connectivity index (χ0n) is 9.87. The van der Waals surface area contributed by atoms with Crippen LogP contribution < -0.4 is 5.73 Å². The number of hydrogen-bond acceptors (Lipinski definition) is 3. The molecular formula is C14H17NOS. The molecule has 90 valence electrons. The van der Waals surface area contributed by atoms with Crippen molar-refractivity contribution in [1.82, 2.24) is 0 Å². The van der Waals surface area contributed by atoms with E-state index >= 15 is 0 Å². The first-order valence-corrected chi connectivity index (χ1v) is 6.77. The Morgan fingerprint density at radius 2 is 1.94 bits per heavy atom. The first-order valence-electron chi connectivity index (χ1n) is 5.72. The molecule has 1 aromatic carbocycles. The van der Waals surface area contributed by atoms with Gasteiger partial charge in [-0.25, -0.2) is 0 Å². The van der Waals surface area contributed by atoms with E-state index in [2.05, 4.69) is 19.1 Å². The minimum Gasteiger partial charge on any atom is -0.468 e. The van der Waals surface area contributed by atoms with E-state index < -0.39 is 0 Å². The molecule has 2 unspecified atom stereocenters. The lowest BCUT2D eigenvalue weighted by Crippen LogP contribution is -2.21. The smallest absolute Gasteiger partial charge is 0.113 e. The standard InChI is InChI=1S/C14H17NOS/c1-11(17-10-13-8-5-9-16-13)14(15)12-6-3-2-4-7-12/h2-9,11,14H,10,15H2,1H3. The van der Waals surface area contributed by atoms with Crippen LogP contribution in [0.4, 0.5) is 0 Å². The van der Waals surface area contributed by atoms with E-state index in [1.807, 2.05) is 42.1 Å². The topological polar surface area (TPSA) is 39.2 Å². The van der Waals surface area contributed by atoms with E-state index in [1.54, 1.807) is 6.26 Å². The summed E-state index contributed by atoms with van der Waals surface area (Å²) >= 11 is 1.82. The second-order valence-corrected chi connectivity index (χ2v) is 5.40. The van der Waals surface area contributed by atoms with Crippen molar-refractivity contribution in [2.75, 3.05) is 0 Å². The SMILES string of the molecule is CC(SCc1ccco1)C(N)c1ccccc1. The van der Waals surface area contributed by atoms with Crippen LogP contribution in [0, 0.1) is 0 Å². The van der Waals surface area contributed by atoms with Gasteiger partial charge in [-0.3, -0.25) is 0 Å². The van der Waals surface area contributed by atoms with Crippen LogP contribution in [-0.2, 0) is 5.75 Å². The van der Waals surface area contributed by atoms with E-state index in [-0.39, 0.29) is 6.04 Å². The summed E-state index contributed by atoms with van der Waals surface area (Å²) in [6, 6.07) is 14.2. The molecule has 0 spiro atoms. The van der Waals surface area contributed by atoms with Crippen LogP contribution >= 0.6 is 11.8 Å². The molecule has 1 aromatic heterocycles. The lowest BCUT2D eigenvalue weighted by atomic mass is 10.1. The van der Waals surface area contributed by atoms with Crippen molar-refractivity contribution in [3.63, 3.8) is 0 Å². The number of rotatable bonds is 5. The maximum absolute atomic E-state index is 6.23. The molecule has 0 saturated carbocycles. The predicted octanol–water partition coefficient (Wildman–Crippen LogP) is 3.60. The third-order valence-corrected chi connectivity index (χ3v) is 4.03. The van der Waals surface area contributed by atoms with Crippen molar-refractivity contribution in [2.45, 2.75) is 24.0 Å². The van der Waals surface area contributed by atoms with Gasteiger partial charge in [0.2, 0.25) is 0 Å². The first-order chi connectivity index (χ1) is 8.27. The Morgan fingerprint density at radius 1 is 1.18 bits per heavy atom. The maximum Gasteiger partial charge on any atom is 0.113 e. The molecule has 2 aromatic rings. The molecule has 0 aliphatic heterocycles. The Labute approximate surface area is 106 Å². The predicted molar refractivity (Wildman–Crippen MR) is 72.8 cm³/mol. The molecular weight excluding hydrogens is 230 g/mol. The lowest BCUT2D eigenvalue weighted by Gasteiger charge is -2.19. The molecule has 2 rings (SSSR count). The van der Waals surface area contributed by atoms with Crippen molar-refractivity contribution in [3.05, 3.63) is 60.1 Å². The third-order valence-electron chi connectivity index (χ3n) is 2.76. The van der Waals surface area contributed by atoms with Crippen molar-refractivity contribution in [3.8, 4) is 0 Å². The summed E-state index contributed by atoms with van der Waals surface area (Å²) in [5.74, 6) is 1.87. The minimum atomic E-state index is 0.0659. The summed E-state index contributed by atoms with van der Waals surface area (Å²) in [5.41, 5.74) is 7.41. The van der Waals surface area contributed by atoms with Crippen LogP contribution in [0.15, 0.2) is 53.1 Å². The quantitative estimate of drug-likeness (QED) is 0.877. The number of thioether (sulfide) groups is 1. The molecule has 0 amide bonds. The highest BCUT2D eigenvalue weighted by atomic mass is 32.2. The van der Waals surface area contributed by atoms with Crippen LogP contribution in [0.5, 0.6) is 0 Å². The molecule has 1 heterocycles. The number of hydrogen-bond donors (Lipinski definition) is 1. The number of furan rings is 1. The number of benzene rings is 1. The van der Waals surface area contributed by atoms with Crippen LogP contribution in [0.2, 0.25) is 0 Å². The second-order valence-electron chi connectivity index (χ2n) is 4.03. The van der Waals surface area contributed by atoms with Crippen molar-refractivity contribution in [2.24, 2.45) is 5.73 Å². The van der Waals surface area contributed by atoms with E-state index in [4.69, 9.17) is 10.2 Å². The van der Waals surface area contributed by atoms with Crippen LogP contribution in [0.3, 0.4) is 0 Å². The molecule has 0 saturated heterocycles. The van der Waals surface area contributed by atoms with E-state index in [0.29, 0.717) is 5.25 Å². The van der Waals surface area contributed by atoms with E-state index in [1.165, 1.54) is 5.56 Å². The molecule has 0 aliphatic rings. The summed E-state index contributed by atoms with van der Waals surface area (Å²) in [4.78, 5) is 0. The van der Waals surface area contributed by atoms with Crippen LogP contribution in [-0.4, -0.2) is 5.25 Å². The summed E-state index contributed by atoms with van der Waals surface area (Å²) < 4.78 is 5.31. The molecule has 0 fully saturated rings. The largest absolute Gasteiger partial charge is 0.468 e. The average Bonchev–Trinajstić information content (AvgIpc) is 2.89. The van der Waals surface area contributed by atoms with E-state index in [0.717, 1.165) is 11.5 Å². The van der Waals surface area contributed by atoms with Crippen molar-refractivity contribution < 1.29 is 4.42 Å². The molecule has 2 atom stereocenters. The van der Waals surface area contributed by atoms with Gasteiger partial charge in [0.25, 0.3) is 0 Å². The Hall–Kier alpha value is -1.19. The van der Waals surface area contributed by atoms with Gasteiger partial charge >= 0.3 is 0 Å². The summed E-state index contributed by atoms with van der Waals surface area (Å²) in [7, 11) is 0. The van der Waals surface area contributed by atoms with Gasteiger partial charge in [-0.15, -0.1) is 11.8 Å². The zero-order valence-corrected chi connectivity index (χ0v) is 10.7. The minimum absolute atomic E-state index is 0.0659. The summed E-state index contributed by atoms with van der Waals surface area (Å²) in [5, 5.41) is 0.363. The van der Waals surface area contributed by atoms with Gasteiger partial charge in [0.15, 0.2) is 0 Å². The summed E-state index contributed by atoms with van der Waals surface area (Å²) in [6.07, 6.45) is 1.71. The van der Waals surface area contributed by atoms with Crippen LogP contribution in [0.1, 0.15) is 24.3 Å². The Balaban J connectivity index is 1.89. The average molecular weight is 247 g/mol. The highest BCUT2D eigenvalue weighted by Gasteiger charge is 2.15. The third kappa shape index (κ3) is 3.38. The van der Waals surface area contributed by atoms with Gasteiger partial charge in [0, 0.05) is 11.3 Å². The van der Waals surface area contributed by atoms with Gasteiger partial charge in [0.1, 0.15) is 5.76 Å². The molecule has 0 radical (unpaired) electrons. The van der Waals surface area contributed by atoms with Gasteiger partial charge in [-0.1, -0.05) is 37.3 Å². The Bertz CT molecular complexity index is 427. The molecule has 17 heavy (non-hydrogen) atoms.